The van der Waals surface area contributed by atoms with Crippen LogP contribution in [0.4, 0.5) is 0 Å². The molecule has 2 heterocycles. The van der Waals surface area contributed by atoms with Crippen molar-refractivity contribution in [3.05, 3.63) is 33.8 Å². The Bertz CT molecular complexity index is 797. The maximum Gasteiger partial charge on any atom is 0.227 e. The first kappa shape index (κ1) is 21.9. The van der Waals surface area contributed by atoms with Gasteiger partial charge in [-0.1, -0.05) is 36.2 Å². The Balaban J connectivity index is 1.59. The summed E-state index contributed by atoms with van der Waals surface area (Å²) in [7, 11) is 0. The van der Waals surface area contributed by atoms with E-state index in [4.69, 9.17) is 23.2 Å². The Labute approximate surface area is 189 Å². The van der Waals surface area contributed by atoms with E-state index in [9.17, 15) is 9.59 Å². The molecule has 3 atom stereocenters. The van der Waals surface area contributed by atoms with Crippen molar-refractivity contribution < 1.29 is 9.59 Å². The Morgan fingerprint density at radius 1 is 0.900 bits per heavy atom. The highest BCUT2D eigenvalue weighted by Crippen LogP contribution is 2.35. The molecule has 2 saturated heterocycles. The van der Waals surface area contributed by atoms with Gasteiger partial charge in [-0.25, -0.2) is 0 Å². The summed E-state index contributed by atoms with van der Waals surface area (Å²) in [6, 6.07) is 5.96. The summed E-state index contributed by atoms with van der Waals surface area (Å²) in [5.74, 6) is 0.335. The van der Waals surface area contributed by atoms with Crippen LogP contribution in [0, 0.1) is 0 Å². The molecule has 1 aromatic carbocycles. The van der Waals surface area contributed by atoms with Crippen LogP contribution in [0.2, 0.25) is 10.0 Å². The summed E-state index contributed by atoms with van der Waals surface area (Å²) in [6.07, 6.45) is 6.49. The summed E-state index contributed by atoms with van der Waals surface area (Å²) in [5.41, 5.74) is 0.881. The number of fused-ring (bicyclic) bond motifs is 1. The average molecular weight is 452 g/mol. The van der Waals surface area contributed by atoms with Crippen LogP contribution < -0.4 is 0 Å². The van der Waals surface area contributed by atoms with Gasteiger partial charge in [-0.05, 0) is 62.9 Å². The molecule has 0 N–H and O–H groups in total. The molecular weight excluding hydrogens is 421 g/mol. The Hall–Kier alpha value is -1.30. The summed E-state index contributed by atoms with van der Waals surface area (Å²) in [4.78, 5) is 32.8. The van der Waals surface area contributed by atoms with E-state index in [1.165, 1.54) is 12.8 Å². The van der Waals surface area contributed by atoms with Crippen molar-refractivity contribution in [2.24, 2.45) is 0 Å². The third kappa shape index (κ3) is 4.35. The van der Waals surface area contributed by atoms with E-state index in [1.54, 1.807) is 12.1 Å². The van der Waals surface area contributed by atoms with Gasteiger partial charge in [-0.2, -0.15) is 0 Å². The van der Waals surface area contributed by atoms with Gasteiger partial charge in [0.1, 0.15) is 0 Å². The molecule has 1 saturated carbocycles. The van der Waals surface area contributed by atoms with Crippen molar-refractivity contribution in [2.75, 3.05) is 26.2 Å². The molecule has 2 aliphatic heterocycles. The fraction of sp³-hybridized carbons (Fsp3) is 0.652. The van der Waals surface area contributed by atoms with E-state index in [0.29, 0.717) is 42.0 Å². The molecule has 5 nitrogen and oxygen atoms in total. The molecule has 0 unspecified atom stereocenters. The predicted octanol–water partition coefficient (Wildman–Crippen LogP) is 4.00. The number of amides is 2. The number of piperazine rings is 1. The van der Waals surface area contributed by atoms with Gasteiger partial charge in [0.25, 0.3) is 0 Å². The van der Waals surface area contributed by atoms with Gasteiger partial charge in [-0.15, -0.1) is 0 Å². The summed E-state index contributed by atoms with van der Waals surface area (Å²) < 4.78 is 0. The minimum Gasteiger partial charge on any atom is -0.336 e. The number of halogens is 2. The van der Waals surface area contributed by atoms with E-state index in [0.717, 1.165) is 37.9 Å². The molecule has 4 rings (SSSR count). The smallest absolute Gasteiger partial charge is 0.227 e. The lowest BCUT2D eigenvalue weighted by Crippen LogP contribution is -2.69. The van der Waals surface area contributed by atoms with E-state index in [-0.39, 0.29) is 23.9 Å². The Morgan fingerprint density at radius 3 is 2.30 bits per heavy atom. The quantitative estimate of drug-likeness (QED) is 0.694. The SMILES string of the molecule is CCC(=O)N1CCN(C(=O)Cc2ccc(Cl)c(Cl)c2)[C@H]2[C@H](N3CCCC3)CCC[C@H]21. The monoisotopic (exact) mass is 451 g/mol. The molecule has 0 bridgehead atoms. The third-order valence-corrected chi connectivity index (χ3v) is 7.76. The first-order valence-corrected chi connectivity index (χ1v) is 12.0. The van der Waals surface area contributed by atoms with Gasteiger partial charge < -0.3 is 9.80 Å². The van der Waals surface area contributed by atoms with Crippen LogP contribution in [0.15, 0.2) is 18.2 Å². The molecule has 2 amide bonds. The highest BCUT2D eigenvalue weighted by Gasteiger charge is 2.47. The van der Waals surface area contributed by atoms with Gasteiger partial charge >= 0.3 is 0 Å². The summed E-state index contributed by atoms with van der Waals surface area (Å²) >= 11 is 12.2. The number of carbonyl (C=O) groups excluding carboxylic acids is 2. The standard InChI is InChI=1S/C23H31Cl2N3O2/c1-2-21(29)27-12-13-28(22(30)15-16-8-9-17(24)18(25)14-16)23-19(6-5-7-20(23)27)26-10-3-4-11-26/h8-9,14,19-20,23H,2-7,10-13,15H2,1H3/t19-,20-,23+/m1/s1. The zero-order valence-corrected chi connectivity index (χ0v) is 19.2. The van der Waals surface area contributed by atoms with E-state index in [1.807, 2.05) is 13.0 Å². The van der Waals surface area contributed by atoms with Crippen LogP contribution in [0.25, 0.3) is 0 Å². The number of hydrogen-bond acceptors (Lipinski definition) is 3. The number of likely N-dealkylation sites (tertiary alicyclic amines) is 1. The highest BCUT2D eigenvalue weighted by atomic mass is 35.5. The minimum atomic E-state index is 0.0800. The van der Waals surface area contributed by atoms with Crippen molar-refractivity contribution >= 4 is 35.0 Å². The molecule has 0 aromatic heterocycles. The second-order valence-corrected chi connectivity index (χ2v) is 9.57. The van der Waals surface area contributed by atoms with Crippen LogP contribution in [0.3, 0.4) is 0 Å². The molecule has 30 heavy (non-hydrogen) atoms. The zero-order valence-electron chi connectivity index (χ0n) is 17.7. The van der Waals surface area contributed by atoms with E-state index >= 15 is 0 Å². The van der Waals surface area contributed by atoms with Crippen molar-refractivity contribution in [3.8, 4) is 0 Å². The molecule has 0 radical (unpaired) electrons. The second kappa shape index (κ2) is 9.46. The maximum absolute atomic E-state index is 13.5. The van der Waals surface area contributed by atoms with E-state index < -0.39 is 0 Å². The number of benzene rings is 1. The minimum absolute atomic E-state index is 0.0800. The van der Waals surface area contributed by atoms with Gasteiger partial charge in [0, 0.05) is 25.6 Å². The molecule has 7 heteroatoms. The average Bonchev–Trinajstić information content (AvgIpc) is 3.29. The van der Waals surface area contributed by atoms with E-state index in [2.05, 4.69) is 14.7 Å². The molecule has 0 spiro atoms. The Morgan fingerprint density at radius 2 is 1.60 bits per heavy atom. The molecular formula is C23H31Cl2N3O2. The largest absolute Gasteiger partial charge is 0.336 e. The van der Waals surface area contributed by atoms with Crippen LogP contribution in [0.1, 0.15) is 51.0 Å². The van der Waals surface area contributed by atoms with Gasteiger partial charge in [0.2, 0.25) is 11.8 Å². The van der Waals surface area contributed by atoms with Crippen LogP contribution in [0.5, 0.6) is 0 Å². The van der Waals surface area contributed by atoms with Crippen LogP contribution in [-0.2, 0) is 16.0 Å². The Kier molecular flexibility index (Phi) is 6.91. The number of rotatable bonds is 4. The molecule has 1 aliphatic carbocycles. The van der Waals surface area contributed by atoms with Crippen molar-refractivity contribution in [2.45, 2.75) is 70.0 Å². The summed E-state index contributed by atoms with van der Waals surface area (Å²) in [6.45, 7) is 5.37. The van der Waals surface area contributed by atoms with Gasteiger partial charge in [0.05, 0.1) is 28.5 Å². The number of carbonyl (C=O) groups is 2. The van der Waals surface area contributed by atoms with Gasteiger partial charge in [0.15, 0.2) is 0 Å². The lowest BCUT2D eigenvalue weighted by Gasteiger charge is -2.54. The number of nitrogens with zero attached hydrogens (tertiary/aromatic N) is 3. The van der Waals surface area contributed by atoms with Crippen LogP contribution in [-0.4, -0.2) is 70.8 Å². The normalized spacial score (nSPS) is 27.2. The topological polar surface area (TPSA) is 43.9 Å². The van der Waals surface area contributed by atoms with Crippen molar-refractivity contribution in [1.29, 1.82) is 0 Å². The van der Waals surface area contributed by atoms with Gasteiger partial charge in [-0.3, -0.25) is 14.5 Å². The lowest BCUT2D eigenvalue weighted by molar-refractivity contribution is -0.152. The molecule has 1 aromatic rings. The molecule has 3 aliphatic rings. The zero-order chi connectivity index (χ0) is 21.3. The molecule has 3 fully saturated rings. The predicted molar refractivity (Wildman–Crippen MR) is 120 cm³/mol. The van der Waals surface area contributed by atoms with Crippen LogP contribution >= 0.6 is 23.2 Å². The first-order valence-electron chi connectivity index (χ1n) is 11.3. The fourth-order valence-corrected chi connectivity index (χ4v) is 5.94. The highest BCUT2D eigenvalue weighted by molar-refractivity contribution is 6.42. The third-order valence-electron chi connectivity index (χ3n) is 7.02. The second-order valence-electron chi connectivity index (χ2n) is 8.75. The first-order chi connectivity index (χ1) is 14.5. The molecule has 164 valence electrons. The maximum atomic E-state index is 13.5. The van der Waals surface area contributed by atoms with Crippen molar-refractivity contribution in [3.63, 3.8) is 0 Å². The number of hydrogen-bond donors (Lipinski definition) is 0. The summed E-state index contributed by atoms with van der Waals surface area (Å²) in [5, 5.41) is 0.979. The van der Waals surface area contributed by atoms with Crippen molar-refractivity contribution in [1.82, 2.24) is 14.7 Å². The lowest BCUT2D eigenvalue weighted by atomic mass is 9.81. The fourth-order valence-electron chi connectivity index (χ4n) is 5.62.